The predicted molar refractivity (Wildman–Crippen MR) is 99.7 cm³/mol. The third kappa shape index (κ3) is 4.12. The number of carbonyl (C=O) groups is 1. The smallest absolute Gasteiger partial charge is 0.259 e. The summed E-state index contributed by atoms with van der Waals surface area (Å²) in [5, 5.41) is 4.13. The molecule has 0 fully saturated rings. The van der Waals surface area contributed by atoms with Gasteiger partial charge in [-0.2, -0.15) is 0 Å². The largest absolute Gasteiger partial charge is 0.495 e. The normalized spacial score (nSPS) is 10.6. The zero-order chi connectivity index (χ0) is 17.8. The van der Waals surface area contributed by atoms with Gasteiger partial charge < -0.3 is 15.0 Å². The van der Waals surface area contributed by atoms with Gasteiger partial charge in [-0.3, -0.25) is 9.59 Å². The number of H-pyrrole nitrogens is 1. The van der Waals surface area contributed by atoms with E-state index < -0.39 is 0 Å². The number of anilines is 1. The topological polar surface area (TPSA) is 84.1 Å². The van der Waals surface area contributed by atoms with Crippen LogP contribution in [0.5, 0.6) is 5.75 Å². The average Bonchev–Trinajstić information content (AvgIpc) is 2.60. The van der Waals surface area contributed by atoms with Gasteiger partial charge in [-0.05, 0) is 30.3 Å². The number of aromatic nitrogens is 2. The highest BCUT2D eigenvalue weighted by Gasteiger charge is 2.10. The van der Waals surface area contributed by atoms with E-state index in [9.17, 15) is 9.59 Å². The van der Waals surface area contributed by atoms with Gasteiger partial charge in [-0.15, -0.1) is 0 Å². The molecule has 3 rings (SSSR count). The second-order valence-corrected chi connectivity index (χ2v) is 6.47. The molecule has 2 N–H and O–H groups in total. The summed E-state index contributed by atoms with van der Waals surface area (Å²) in [7, 11) is 1.51. The summed E-state index contributed by atoms with van der Waals surface area (Å²) >= 11 is 7.08. The molecule has 0 spiro atoms. The first-order chi connectivity index (χ1) is 12.1. The maximum Gasteiger partial charge on any atom is 0.259 e. The number of nitrogens with zero attached hydrogens (tertiary/aromatic N) is 1. The van der Waals surface area contributed by atoms with Crippen molar-refractivity contribution in [3.8, 4) is 5.75 Å². The van der Waals surface area contributed by atoms with Gasteiger partial charge in [0.15, 0.2) is 5.16 Å². The second kappa shape index (κ2) is 7.58. The van der Waals surface area contributed by atoms with E-state index in [4.69, 9.17) is 16.3 Å². The monoisotopic (exact) mass is 375 g/mol. The van der Waals surface area contributed by atoms with Crippen LogP contribution in [0.15, 0.2) is 52.4 Å². The molecule has 6 nitrogen and oxygen atoms in total. The van der Waals surface area contributed by atoms with E-state index in [1.54, 1.807) is 42.5 Å². The Morgan fingerprint density at radius 2 is 2.12 bits per heavy atom. The van der Waals surface area contributed by atoms with E-state index in [0.29, 0.717) is 32.5 Å². The van der Waals surface area contributed by atoms with Crippen LogP contribution in [0.1, 0.15) is 0 Å². The van der Waals surface area contributed by atoms with E-state index in [0.717, 1.165) is 11.8 Å². The van der Waals surface area contributed by atoms with Crippen LogP contribution < -0.4 is 15.6 Å². The molecule has 128 valence electrons. The van der Waals surface area contributed by atoms with Gasteiger partial charge in [0, 0.05) is 5.02 Å². The number of halogens is 1. The molecular weight excluding hydrogens is 362 g/mol. The Bertz CT molecular complexity index is 990. The highest BCUT2D eigenvalue weighted by Crippen LogP contribution is 2.28. The van der Waals surface area contributed by atoms with Gasteiger partial charge in [0.2, 0.25) is 5.91 Å². The third-order valence-electron chi connectivity index (χ3n) is 3.37. The number of rotatable bonds is 5. The van der Waals surface area contributed by atoms with Crippen molar-refractivity contribution in [3.05, 3.63) is 57.8 Å². The standard InChI is InChI=1S/C17H14ClN3O3S/c1-24-14-7-6-10(18)8-13(14)19-15(22)9-25-17-20-12-5-3-2-4-11(12)16(23)21-17/h2-8H,9H2,1H3,(H,19,22)(H,20,21,23). The Morgan fingerprint density at radius 1 is 1.32 bits per heavy atom. The van der Waals surface area contributed by atoms with Crippen molar-refractivity contribution in [1.82, 2.24) is 9.97 Å². The quantitative estimate of drug-likeness (QED) is 0.528. The molecule has 0 aliphatic heterocycles. The number of hydrogen-bond acceptors (Lipinski definition) is 5. The van der Waals surface area contributed by atoms with Crippen LogP contribution in [-0.2, 0) is 4.79 Å². The number of amides is 1. The van der Waals surface area contributed by atoms with Crippen LogP contribution in [0.2, 0.25) is 5.02 Å². The van der Waals surface area contributed by atoms with Crippen molar-refractivity contribution in [2.75, 3.05) is 18.2 Å². The minimum atomic E-state index is -0.263. The Hall–Kier alpha value is -2.51. The number of benzene rings is 2. The van der Waals surface area contributed by atoms with Crippen LogP contribution in [0.25, 0.3) is 10.9 Å². The van der Waals surface area contributed by atoms with Gasteiger partial charge in [-0.1, -0.05) is 35.5 Å². The van der Waals surface area contributed by atoms with Gasteiger partial charge in [0.1, 0.15) is 5.75 Å². The number of nitrogens with one attached hydrogen (secondary N) is 2. The summed E-state index contributed by atoms with van der Waals surface area (Å²) in [5.74, 6) is 0.332. The van der Waals surface area contributed by atoms with Crippen molar-refractivity contribution < 1.29 is 9.53 Å². The van der Waals surface area contributed by atoms with Crippen molar-refractivity contribution >= 4 is 45.9 Å². The highest BCUT2D eigenvalue weighted by atomic mass is 35.5. The molecule has 0 aliphatic carbocycles. The van der Waals surface area contributed by atoms with Crippen LogP contribution in [-0.4, -0.2) is 28.7 Å². The first kappa shape index (κ1) is 17.3. The molecular formula is C17H14ClN3O3S. The van der Waals surface area contributed by atoms with E-state index in [2.05, 4.69) is 15.3 Å². The van der Waals surface area contributed by atoms with Crippen molar-refractivity contribution in [2.24, 2.45) is 0 Å². The summed E-state index contributed by atoms with van der Waals surface area (Å²) in [5.41, 5.74) is 0.844. The lowest BCUT2D eigenvalue weighted by atomic mass is 10.2. The van der Waals surface area contributed by atoms with E-state index in [-0.39, 0.29) is 17.2 Å². The fourth-order valence-corrected chi connectivity index (χ4v) is 3.07. The molecule has 1 aromatic heterocycles. The minimum absolute atomic E-state index is 0.0803. The number of para-hydroxylation sites is 1. The zero-order valence-corrected chi connectivity index (χ0v) is 14.8. The van der Waals surface area contributed by atoms with Crippen molar-refractivity contribution in [1.29, 1.82) is 0 Å². The predicted octanol–water partition coefficient (Wildman–Crippen LogP) is 3.32. The fraction of sp³-hybridized carbons (Fsp3) is 0.118. The SMILES string of the molecule is COc1ccc(Cl)cc1NC(=O)CSc1nc2ccccc2c(=O)[nH]1. The van der Waals surface area contributed by atoms with Gasteiger partial charge >= 0.3 is 0 Å². The molecule has 2 aromatic carbocycles. The highest BCUT2D eigenvalue weighted by molar-refractivity contribution is 7.99. The zero-order valence-electron chi connectivity index (χ0n) is 13.2. The summed E-state index contributed by atoms with van der Waals surface area (Å²) in [6, 6.07) is 12.0. The lowest BCUT2D eigenvalue weighted by Crippen LogP contribution is -2.16. The number of ether oxygens (including phenoxy) is 1. The first-order valence-electron chi connectivity index (χ1n) is 7.32. The molecule has 25 heavy (non-hydrogen) atoms. The van der Waals surface area contributed by atoms with Gasteiger partial charge in [0.25, 0.3) is 5.56 Å². The molecule has 1 heterocycles. The van der Waals surface area contributed by atoms with Crippen LogP contribution >= 0.6 is 23.4 Å². The van der Waals surface area contributed by atoms with Crippen molar-refractivity contribution in [3.63, 3.8) is 0 Å². The minimum Gasteiger partial charge on any atom is -0.495 e. The molecule has 1 amide bonds. The third-order valence-corrected chi connectivity index (χ3v) is 4.48. The van der Waals surface area contributed by atoms with Crippen LogP contribution in [0, 0.1) is 0 Å². The van der Waals surface area contributed by atoms with E-state index >= 15 is 0 Å². The Kier molecular flexibility index (Phi) is 5.25. The fourth-order valence-electron chi connectivity index (χ4n) is 2.23. The Morgan fingerprint density at radius 3 is 2.92 bits per heavy atom. The molecule has 0 unspecified atom stereocenters. The first-order valence-corrected chi connectivity index (χ1v) is 8.68. The number of carbonyl (C=O) groups excluding carboxylic acids is 1. The lowest BCUT2D eigenvalue weighted by molar-refractivity contribution is -0.113. The van der Waals surface area contributed by atoms with Crippen LogP contribution in [0.4, 0.5) is 5.69 Å². The Balaban J connectivity index is 1.71. The maximum atomic E-state index is 12.2. The molecule has 8 heteroatoms. The summed E-state index contributed by atoms with van der Waals surface area (Å²) in [6.45, 7) is 0. The lowest BCUT2D eigenvalue weighted by Gasteiger charge is -2.10. The number of thioether (sulfide) groups is 1. The summed E-state index contributed by atoms with van der Waals surface area (Å²) < 4.78 is 5.19. The molecule has 0 aliphatic rings. The Labute approximate surface area is 152 Å². The molecule has 0 radical (unpaired) electrons. The van der Waals surface area contributed by atoms with Crippen molar-refractivity contribution in [2.45, 2.75) is 5.16 Å². The van der Waals surface area contributed by atoms with Gasteiger partial charge in [0.05, 0.1) is 29.5 Å². The number of methoxy groups -OCH3 is 1. The van der Waals surface area contributed by atoms with Gasteiger partial charge in [-0.25, -0.2) is 4.98 Å². The summed E-state index contributed by atoms with van der Waals surface area (Å²) in [6.07, 6.45) is 0. The molecule has 0 bridgehead atoms. The summed E-state index contributed by atoms with van der Waals surface area (Å²) in [4.78, 5) is 31.2. The number of fused-ring (bicyclic) bond motifs is 1. The van der Waals surface area contributed by atoms with E-state index in [1.807, 2.05) is 0 Å². The molecule has 0 saturated heterocycles. The number of aromatic amines is 1. The number of hydrogen-bond donors (Lipinski definition) is 2. The molecule has 0 saturated carbocycles. The molecule has 3 aromatic rings. The van der Waals surface area contributed by atoms with E-state index in [1.165, 1.54) is 7.11 Å². The van der Waals surface area contributed by atoms with Crippen LogP contribution in [0.3, 0.4) is 0 Å². The molecule has 0 atom stereocenters. The average molecular weight is 376 g/mol. The second-order valence-electron chi connectivity index (χ2n) is 5.07. The maximum absolute atomic E-state index is 12.2.